The first-order chi connectivity index (χ1) is 12.2. The molecule has 0 spiro atoms. The van der Waals surface area contributed by atoms with Crippen molar-refractivity contribution in [3.8, 4) is 0 Å². The third-order valence-corrected chi connectivity index (χ3v) is 4.84. The molecule has 0 radical (unpaired) electrons. The summed E-state index contributed by atoms with van der Waals surface area (Å²) in [6, 6.07) is 0. The zero-order valence-corrected chi connectivity index (χ0v) is 15.1. The summed E-state index contributed by atoms with van der Waals surface area (Å²) in [6.07, 6.45) is 11.1. The minimum absolute atomic E-state index is 0.0948. The first-order valence-electron chi connectivity index (χ1n) is 9.24. The highest BCUT2D eigenvalue weighted by molar-refractivity contribution is 6.17. The van der Waals surface area contributed by atoms with E-state index in [9.17, 15) is 9.59 Å². The van der Waals surface area contributed by atoms with E-state index in [1.165, 1.54) is 29.7 Å². The first-order valence-corrected chi connectivity index (χ1v) is 9.24. The lowest BCUT2D eigenvalue weighted by Crippen LogP contribution is -2.26. The van der Waals surface area contributed by atoms with Crippen molar-refractivity contribution in [1.82, 2.24) is 9.88 Å². The zero-order chi connectivity index (χ0) is 17.8. The number of esters is 1. The van der Waals surface area contributed by atoms with Crippen LogP contribution in [0.2, 0.25) is 0 Å². The van der Waals surface area contributed by atoms with Crippen LogP contribution in [0.5, 0.6) is 0 Å². The molecule has 1 aromatic rings. The molecule has 134 valence electrons. The second-order valence-electron chi connectivity index (χ2n) is 6.50. The first kappa shape index (κ1) is 17.5. The fourth-order valence-electron chi connectivity index (χ4n) is 3.63. The summed E-state index contributed by atoms with van der Waals surface area (Å²) in [5, 5.41) is 0. The fraction of sp³-hybridized carbons (Fsp3) is 0.500. The zero-order valence-electron chi connectivity index (χ0n) is 15.1. The Labute approximate surface area is 148 Å². The molecule has 5 nitrogen and oxygen atoms in total. The van der Waals surface area contributed by atoms with Gasteiger partial charge in [-0.05, 0) is 62.7 Å². The van der Waals surface area contributed by atoms with Crippen molar-refractivity contribution >= 4 is 17.4 Å². The van der Waals surface area contributed by atoms with E-state index in [0.29, 0.717) is 18.7 Å². The average molecular weight is 342 g/mol. The number of aryl methyl sites for hydroxylation is 1. The normalized spacial score (nSPS) is 16.9. The van der Waals surface area contributed by atoms with E-state index in [4.69, 9.17) is 4.74 Å². The molecule has 0 saturated carbocycles. The van der Waals surface area contributed by atoms with Gasteiger partial charge < -0.3 is 14.6 Å². The molecule has 0 fully saturated rings. The van der Waals surface area contributed by atoms with Crippen LogP contribution < -0.4 is 0 Å². The molecule has 1 N–H and O–H groups in total. The lowest BCUT2D eigenvalue weighted by molar-refractivity contribution is -0.136. The molecule has 2 aliphatic rings. The van der Waals surface area contributed by atoms with E-state index in [1.807, 2.05) is 13.0 Å². The molecule has 5 heteroatoms. The molecule has 3 rings (SSSR count). The smallest absolute Gasteiger partial charge is 0.341 e. The number of carbonyl (C=O) groups excluding carboxylic acids is 2. The second kappa shape index (κ2) is 7.72. The van der Waals surface area contributed by atoms with Gasteiger partial charge in [-0.25, -0.2) is 4.79 Å². The van der Waals surface area contributed by atoms with Gasteiger partial charge in [-0.1, -0.05) is 13.0 Å². The van der Waals surface area contributed by atoms with Crippen LogP contribution in [0.4, 0.5) is 0 Å². The number of fused-ring (bicyclic) bond motifs is 3. The standard InChI is InChI=1S/C20H26N2O3/c1-3-5-10-18(23)22-12-11-15-14-8-6-7-9-17(14)21-19(15)16(13-22)20(24)25-4-2/h5,10,13,21H,3-4,6-9,11-12H2,1-2H3/b10-5+. The van der Waals surface area contributed by atoms with Gasteiger partial charge in [-0.2, -0.15) is 0 Å². The fourth-order valence-corrected chi connectivity index (χ4v) is 3.63. The van der Waals surface area contributed by atoms with Crippen LogP contribution in [-0.2, 0) is 33.6 Å². The van der Waals surface area contributed by atoms with Crippen LogP contribution in [0.15, 0.2) is 18.4 Å². The molecule has 0 bridgehead atoms. The third kappa shape index (κ3) is 3.55. The van der Waals surface area contributed by atoms with Gasteiger partial charge in [-0.3, -0.25) is 4.79 Å². The molecule has 1 aromatic heterocycles. The van der Waals surface area contributed by atoms with Gasteiger partial charge in [0.15, 0.2) is 0 Å². The summed E-state index contributed by atoms with van der Waals surface area (Å²) in [7, 11) is 0. The maximum atomic E-state index is 12.5. The Morgan fingerprint density at radius 2 is 2.00 bits per heavy atom. The number of nitrogens with zero attached hydrogens (tertiary/aromatic N) is 1. The highest BCUT2D eigenvalue weighted by Gasteiger charge is 2.29. The molecule has 0 atom stereocenters. The third-order valence-electron chi connectivity index (χ3n) is 4.84. The Balaban J connectivity index is 2.01. The van der Waals surface area contributed by atoms with Crippen molar-refractivity contribution < 1.29 is 14.3 Å². The van der Waals surface area contributed by atoms with Crippen LogP contribution in [0, 0.1) is 0 Å². The molecule has 1 amide bonds. The van der Waals surface area contributed by atoms with E-state index >= 15 is 0 Å². The Morgan fingerprint density at radius 3 is 2.76 bits per heavy atom. The van der Waals surface area contributed by atoms with Crippen molar-refractivity contribution in [3.05, 3.63) is 40.9 Å². The highest BCUT2D eigenvalue weighted by Crippen LogP contribution is 2.33. The van der Waals surface area contributed by atoms with Crippen LogP contribution in [0.1, 0.15) is 55.6 Å². The summed E-state index contributed by atoms with van der Waals surface area (Å²) in [5.41, 5.74) is 5.08. The van der Waals surface area contributed by atoms with Crippen molar-refractivity contribution in [2.24, 2.45) is 0 Å². The average Bonchev–Trinajstić information content (AvgIpc) is 2.87. The number of carbonyl (C=O) groups is 2. The van der Waals surface area contributed by atoms with Crippen LogP contribution in [0.25, 0.3) is 5.57 Å². The van der Waals surface area contributed by atoms with Gasteiger partial charge in [0, 0.05) is 18.4 Å². The predicted molar refractivity (Wildman–Crippen MR) is 96.9 cm³/mol. The summed E-state index contributed by atoms with van der Waals surface area (Å²) in [6.45, 7) is 4.68. The van der Waals surface area contributed by atoms with E-state index < -0.39 is 0 Å². The number of hydrogen-bond donors (Lipinski definition) is 1. The summed E-state index contributed by atoms with van der Waals surface area (Å²) >= 11 is 0. The second-order valence-corrected chi connectivity index (χ2v) is 6.50. The molecule has 0 aromatic carbocycles. The number of aromatic amines is 1. The Hall–Kier alpha value is -2.30. The highest BCUT2D eigenvalue weighted by atomic mass is 16.5. The molecule has 2 heterocycles. The summed E-state index contributed by atoms with van der Waals surface area (Å²) in [5.74, 6) is -0.468. The number of ether oxygens (including phenoxy) is 1. The number of nitrogens with one attached hydrogen (secondary N) is 1. The van der Waals surface area contributed by atoms with Crippen LogP contribution >= 0.6 is 0 Å². The van der Waals surface area contributed by atoms with Gasteiger partial charge in [0.1, 0.15) is 0 Å². The minimum Gasteiger partial charge on any atom is -0.462 e. The topological polar surface area (TPSA) is 62.4 Å². The van der Waals surface area contributed by atoms with Gasteiger partial charge in [-0.15, -0.1) is 0 Å². The molecule has 1 aliphatic heterocycles. The maximum absolute atomic E-state index is 12.5. The van der Waals surface area contributed by atoms with Gasteiger partial charge >= 0.3 is 5.97 Å². The van der Waals surface area contributed by atoms with E-state index in [0.717, 1.165) is 31.4 Å². The maximum Gasteiger partial charge on any atom is 0.341 e. The van der Waals surface area contributed by atoms with E-state index in [2.05, 4.69) is 4.98 Å². The monoisotopic (exact) mass is 342 g/mol. The van der Waals surface area contributed by atoms with Gasteiger partial charge in [0.05, 0.1) is 17.9 Å². The lowest BCUT2D eigenvalue weighted by Gasteiger charge is -2.17. The number of rotatable bonds is 4. The van der Waals surface area contributed by atoms with Gasteiger partial charge in [0.2, 0.25) is 5.91 Å². The van der Waals surface area contributed by atoms with Crippen molar-refractivity contribution in [2.75, 3.05) is 13.2 Å². The number of hydrogen-bond acceptors (Lipinski definition) is 3. The minimum atomic E-state index is -0.374. The Kier molecular flexibility index (Phi) is 5.41. The molecular weight excluding hydrogens is 316 g/mol. The van der Waals surface area contributed by atoms with Crippen LogP contribution in [0.3, 0.4) is 0 Å². The van der Waals surface area contributed by atoms with E-state index in [-0.39, 0.29) is 11.9 Å². The number of H-pyrrole nitrogens is 1. The Morgan fingerprint density at radius 1 is 1.20 bits per heavy atom. The van der Waals surface area contributed by atoms with Crippen molar-refractivity contribution in [2.45, 2.75) is 52.4 Å². The molecular formula is C20H26N2O3. The summed E-state index contributed by atoms with van der Waals surface area (Å²) < 4.78 is 5.25. The molecule has 1 aliphatic carbocycles. The van der Waals surface area contributed by atoms with Crippen molar-refractivity contribution in [1.29, 1.82) is 0 Å². The molecule has 0 unspecified atom stereocenters. The number of amides is 1. The Bertz CT molecular complexity index is 728. The molecule has 0 saturated heterocycles. The van der Waals surface area contributed by atoms with Crippen molar-refractivity contribution in [3.63, 3.8) is 0 Å². The number of allylic oxidation sites excluding steroid dienone is 1. The molecule has 25 heavy (non-hydrogen) atoms. The van der Waals surface area contributed by atoms with Gasteiger partial charge in [0.25, 0.3) is 0 Å². The summed E-state index contributed by atoms with van der Waals surface area (Å²) in [4.78, 5) is 30.1. The largest absolute Gasteiger partial charge is 0.462 e. The lowest BCUT2D eigenvalue weighted by atomic mass is 9.92. The predicted octanol–water partition coefficient (Wildman–Crippen LogP) is 3.15. The van der Waals surface area contributed by atoms with E-state index in [1.54, 1.807) is 24.1 Å². The SMILES string of the molecule is CC/C=C/C(=O)N1C=C(C(=O)OCC)c2[nH]c3c(c2CC1)CCCC3. The quantitative estimate of drug-likeness (QED) is 0.675. The van der Waals surface area contributed by atoms with Crippen LogP contribution in [-0.4, -0.2) is 34.9 Å². The number of aromatic nitrogens is 1.